The molecule has 0 saturated heterocycles. The fraction of sp³-hybridized carbons (Fsp3) is 0.455. The summed E-state index contributed by atoms with van der Waals surface area (Å²) >= 11 is 0. The van der Waals surface area contributed by atoms with Crippen molar-refractivity contribution in [1.29, 1.82) is 0 Å². The van der Waals surface area contributed by atoms with Crippen LogP contribution in [0.4, 0.5) is 0 Å². The molecule has 0 radical (unpaired) electrons. The van der Waals surface area contributed by atoms with Crippen molar-refractivity contribution in [3.05, 3.63) is 35.9 Å². The van der Waals surface area contributed by atoms with Crippen molar-refractivity contribution in [2.45, 2.75) is 26.1 Å². The maximum Gasteiger partial charge on any atom is 0.102 e. The zero-order valence-corrected chi connectivity index (χ0v) is 8.10. The Balaban J connectivity index is 2.44. The molecule has 2 heteroatoms. The molecule has 1 atom stereocenters. The van der Waals surface area contributed by atoms with E-state index in [9.17, 15) is 5.11 Å². The molecule has 1 unspecified atom stereocenters. The van der Waals surface area contributed by atoms with Gasteiger partial charge in [-0.05, 0) is 19.4 Å². The van der Waals surface area contributed by atoms with Crippen LogP contribution in [0.2, 0.25) is 0 Å². The van der Waals surface area contributed by atoms with E-state index in [-0.39, 0.29) is 6.10 Å². The fourth-order valence-electron chi connectivity index (χ4n) is 1.06. The molecule has 1 aromatic rings. The Morgan fingerprint density at radius 3 is 2.38 bits per heavy atom. The minimum atomic E-state index is -0.511. The van der Waals surface area contributed by atoms with Gasteiger partial charge in [-0.15, -0.1) is 0 Å². The van der Waals surface area contributed by atoms with Crippen LogP contribution in [0.5, 0.6) is 0 Å². The van der Waals surface area contributed by atoms with E-state index in [0.717, 1.165) is 5.56 Å². The van der Waals surface area contributed by atoms with Crippen LogP contribution in [-0.2, 0) is 4.74 Å². The van der Waals surface area contributed by atoms with Gasteiger partial charge in [0.2, 0.25) is 0 Å². The molecule has 0 saturated carbocycles. The molecule has 0 aromatic heterocycles. The molecule has 0 spiro atoms. The second-order valence-electron chi connectivity index (χ2n) is 3.31. The van der Waals surface area contributed by atoms with Crippen molar-refractivity contribution in [1.82, 2.24) is 0 Å². The number of aliphatic hydroxyl groups excluding tert-OH is 1. The molecule has 1 aromatic carbocycles. The fourth-order valence-corrected chi connectivity index (χ4v) is 1.06. The van der Waals surface area contributed by atoms with Gasteiger partial charge in [0.25, 0.3) is 0 Å². The molecule has 72 valence electrons. The molecule has 13 heavy (non-hydrogen) atoms. The molecular weight excluding hydrogens is 164 g/mol. The van der Waals surface area contributed by atoms with Gasteiger partial charge in [0.1, 0.15) is 6.10 Å². The third-order valence-electron chi connectivity index (χ3n) is 1.77. The highest BCUT2D eigenvalue weighted by Gasteiger charge is 2.07. The van der Waals surface area contributed by atoms with Crippen molar-refractivity contribution in [2.24, 2.45) is 0 Å². The van der Waals surface area contributed by atoms with Crippen LogP contribution in [-0.4, -0.2) is 17.8 Å². The van der Waals surface area contributed by atoms with Crippen molar-refractivity contribution in [2.75, 3.05) is 6.61 Å². The minimum absolute atomic E-state index is 0.165. The number of aliphatic hydroxyl groups is 1. The van der Waals surface area contributed by atoms with Crippen LogP contribution in [0.15, 0.2) is 30.3 Å². The van der Waals surface area contributed by atoms with Crippen LogP contribution < -0.4 is 0 Å². The van der Waals surface area contributed by atoms with E-state index in [0.29, 0.717) is 6.61 Å². The lowest BCUT2D eigenvalue weighted by atomic mass is 10.1. The Kier molecular flexibility index (Phi) is 3.93. The van der Waals surface area contributed by atoms with E-state index in [1.165, 1.54) is 0 Å². The van der Waals surface area contributed by atoms with Gasteiger partial charge in [-0.3, -0.25) is 0 Å². The van der Waals surface area contributed by atoms with Crippen molar-refractivity contribution < 1.29 is 9.84 Å². The third kappa shape index (κ3) is 3.57. The van der Waals surface area contributed by atoms with Gasteiger partial charge in [-0.25, -0.2) is 0 Å². The van der Waals surface area contributed by atoms with Crippen molar-refractivity contribution in [3.63, 3.8) is 0 Å². The molecule has 2 nitrogen and oxygen atoms in total. The van der Waals surface area contributed by atoms with Crippen molar-refractivity contribution in [3.8, 4) is 0 Å². The SMILES string of the molecule is CC(C)OCC(O)c1ccccc1. The molecule has 0 aliphatic rings. The quantitative estimate of drug-likeness (QED) is 0.769. The number of hydrogen-bond acceptors (Lipinski definition) is 2. The third-order valence-corrected chi connectivity index (χ3v) is 1.77. The van der Waals surface area contributed by atoms with Crippen LogP contribution in [0.1, 0.15) is 25.5 Å². The predicted molar refractivity (Wildman–Crippen MR) is 52.5 cm³/mol. The number of rotatable bonds is 4. The van der Waals surface area contributed by atoms with Crippen molar-refractivity contribution >= 4 is 0 Å². The van der Waals surface area contributed by atoms with Gasteiger partial charge in [-0.2, -0.15) is 0 Å². The van der Waals surface area contributed by atoms with Crippen LogP contribution in [0.25, 0.3) is 0 Å². The summed E-state index contributed by atoms with van der Waals surface area (Å²) < 4.78 is 5.31. The van der Waals surface area contributed by atoms with Gasteiger partial charge < -0.3 is 9.84 Å². The predicted octanol–water partition coefficient (Wildman–Crippen LogP) is 2.15. The average Bonchev–Trinajstić information content (AvgIpc) is 2.15. The highest BCUT2D eigenvalue weighted by molar-refractivity contribution is 5.17. The summed E-state index contributed by atoms with van der Waals surface area (Å²) in [6, 6.07) is 9.55. The summed E-state index contributed by atoms with van der Waals surface area (Å²) in [5.41, 5.74) is 0.906. The first-order valence-corrected chi connectivity index (χ1v) is 4.54. The summed E-state index contributed by atoms with van der Waals surface area (Å²) in [6.07, 6.45) is -0.345. The topological polar surface area (TPSA) is 29.5 Å². The summed E-state index contributed by atoms with van der Waals surface area (Å²) in [6.45, 7) is 4.27. The normalized spacial score (nSPS) is 13.2. The van der Waals surface area contributed by atoms with E-state index in [2.05, 4.69) is 0 Å². The smallest absolute Gasteiger partial charge is 0.102 e. The first-order chi connectivity index (χ1) is 6.20. The molecule has 1 N–H and O–H groups in total. The molecule has 1 rings (SSSR count). The Morgan fingerprint density at radius 2 is 1.85 bits per heavy atom. The van der Waals surface area contributed by atoms with Gasteiger partial charge in [0.05, 0.1) is 12.7 Å². The average molecular weight is 180 g/mol. The second kappa shape index (κ2) is 5.00. The zero-order valence-electron chi connectivity index (χ0n) is 8.10. The Bertz CT molecular complexity index is 231. The number of benzene rings is 1. The lowest BCUT2D eigenvalue weighted by Crippen LogP contribution is -2.11. The molecule has 0 aliphatic heterocycles. The molecule has 0 fully saturated rings. The molecular formula is C11H16O2. The maximum atomic E-state index is 9.64. The van der Waals surface area contributed by atoms with Gasteiger partial charge in [0, 0.05) is 0 Å². The van der Waals surface area contributed by atoms with E-state index in [1.54, 1.807) is 0 Å². The Morgan fingerprint density at radius 1 is 1.23 bits per heavy atom. The zero-order chi connectivity index (χ0) is 9.68. The summed E-state index contributed by atoms with van der Waals surface area (Å²) in [7, 11) is 0. The van der Waals surface area contributed by atoms with E-state index in [4.69, 9.17) is 4.74 Å². The summed E-state index contributed by atoms with van der Waals surface area (Å²) in [5.74, 6) is 0. The largest absolute Gasteiger partial charge is 0.386 e. The molecule has 0 bridgehead atoms. The lowest BCUT2D eigenvalue weighted by molar-refractivity contribution is 0.00493. The van der Waals surface area contributed by atoms with Crippen LogP contribution in [0.3, 0.4) is 0 Å². The van der Waals surface area contributed by atoms with Gasteiger partial charge in [-0.1, -0.05) is 30.3 Å². The molecule has 0 heterocycles. The van der Waals surface area contributed by atoms with Crippen LogP contribution in [0, 0.1) is 0 Å². The highest BCUT2D eigenvalue weighted by atomic mass is 16.5. The highest BCUT2D eigenvalue weighted by Crippen LogP contribution is 2.12. The van der Waals surface area contributed by atoms with Crippen LogP contribution >= 0.6 is 0 Å². The maximum absolute atomic E-state index is 9.64. The first kappa shape index (κ1) is 10.2. The summed E-state index contributed by atoms with van der Waals surface area (Å²) in [4.78, 5) is 0. The summed E-state index contributed by atoms with van der Waals surface area (Å²) in [5, 5.41) is 9.64. The lowest BCUT2D eigenvalue weighted by Gasteiger charge is -2.13. The van der Waals surface area contributed by atoms with E-state index in [1.807, 2.05) is 44.2 Å². The monoisotopic (exact) mass is 180 g/mol. The Labute approximate surface area is 79.2 Å². The second-order valence-corrected chi connectivity index (χ2v) is 3.31. The minimum Gasteiger partial charge on any atom is -0.386 e. The first-order valence-electron chi connectivity index (χ1n) is 4.54. The number of hydrogen-bond donors (Lipinski definition) is 1. The number of ether oxygens (including phenoxy) is 1. The van der Waals surface area contributed by atoms with Gasteiger partial charge in [0.15, 0.2) is 0 Å². The van der Waals surface area contributed by atoms with E-state index < -0.39 is 6.10 Å². The standard InChI is InChI=1S/C11H16O2/c1-9(2)13-8-11(12)10-6-4-3-5-7-10/h3-7,9,11-12H,8H2,1-2H3. The molecule has 0 aliphatic carbocycles. The molecule has 0 amide bonds. The Hall–Kier alpha value is -0.860. The van der Waals surface area contributed by atoms with E-state index >= 15 is 0 Å². The van der Waals surface area contributed by atoms with Gasteiger partial charge >= 0.3 is 0 Å².